The standard InChI is InChI=1S/C28H26BrNO7/c1-18(31)19-11-14-21(15-12-19)30-28(35)37-27(23-17-20(29)13-16-24(23)32)25(9-5-6-10-26(33)34)36-22-7-3-2-4-8-22/h2-4,6-8,10-17,25,27,32H,5,9H2,1H3,(H,30,35)(H,33,34)/b10-6+/t25-,27-/m0/s1. The maximum absolute atomic E-state index is 12.9. The number of carbonyl (C=O) groups is 3. The lowest BCUT2D eigenvalue weighted by Gasteiger charge is -2.28. The molecule has 0 fully saturated rings. The summed E-state index contributed by atoms with van der Waals surface area (Å²) in [5.41, 5.74) is 1.22. The summed E-state index contributed by atoms with van der Waals surface area (Å²) in [5, 5.41) is 22.2. The highest BCUT2D eigenvalue weighted by Gasteiger charge is 2.31. The molecule has 3 aromatic carbocycles. The van der Waals surface area contributed by atoms with E-state index in [0.29, 0.717) is 33.5 Å². The number of Topliss-reactive ketones (excluding diaryl/α,β-unsaturated/α-hetero) is 1. The number of halogens is 1. The maximum atomic E-state index is 12.9. The van der Waals surface area contributed by atoms with Crippen LogP contribution in [0.4, 0.5) is 10.5 Å². The number of allylic oxidation sites excluding steroid dienone is 1. The third kappa shape index (κ3) is 8.50. The molecule has 0 unspecified atom stereocenters. The molecule has 0 bridgehead atoms. The highest BCUT2D eigenvalue weighted by Crippen LogP contribution is 2.35. The molecule has 9 heteroatoms. The van der Waals surface area contributed by atoms with Crippen LogP contribution in [0.1, 0.15) is 41.8 Å². The zero-order chi connectivity index (χ0) is 26.8. The molecule has 0 aliphatic carbocycles. The fourth-order valence-corrected chi connectivity index (χ4v) is 3.91. The summed E-state index contributed by atoms with van der Waals surface area (Å²) in [6, 6.07) is 20.0. The van der Waals surface area contributed by atoms with Crippen molar-refractivity contribution in [1.29, 1.82) is 0 Å². The number of ether oxygens (including phenoxy) is 2. The number of anilines is 1. The van der Waals surface area contributed by atoms with Gasteiger partial charge in [-0.1, -0.05) is 40.2 Å². The number of aliphatic carboxylic acids is 1. The summed E-state index contributed by atoms with van der Waals surface area (Å²) in [7, 11) is 0. The molecule has 2 atom stereocenters. The molecule has 3 N–H and O–H groups in total. The van der Waals surface area contributed by atoms with E-state index in [9.17, 15) is 19.5 Å². The van der Waals surface area contributed by atoms with Crippen LogP contribution in [-0.4, -0.2) is 34.2 Å². The molecule has 8 nitrogen and oxygen atoms in total. The highest BCUT2D eigenvalue weighted by atomic mass is 79.9. The summed E-state index contributed by atoms with van der Waals surface area (Å²) in [6.07, 6.45) is 0.450. The summed E-state index contributed by atoms with van der Waals surface area (Å²) in [5.74, 6) is -0.766. The van der Waals surface area contributed by atoms with Crippen molar-refractivity contribution in [2.24, 2.45) is 0 Å². The topological polar surface area (TPSA) is 122 Å². The minimum atomic E-state index is -1.08. The quantitative estimate of drug-likeness (QED) is 0.178. The Hall–Kier alpha value is -4.11. The fourth-order valence-electron chi connectivity index (χ4n) is 3.53. The number of para-hydroxylation sites is 1. The number of carboxylic acid groups (broad SMARTS) is 1. The van der Waals surface area contributed by atoms with Gasteiger partial charge in [0.05, 0.1) is 0 Å². The van der Waals surface area contributed by atoms with Gasteiger partial charge in [-0.25, -0.2) is 9.59 Å². The first-order valence-electron chi connectivity index (χ1n) is 11.4. The third-order valence-corrected chi connectivity index (χ3v) is 5.81. The van der Waals surface area contributed by atoms with Crippen molar-refractivity contribution in [2.75, 3.05) is 5.32 Å². The van der Waals surface area contributed by atoms with Crippen molar-refractivity contribution >= 4 is 39.5 Å². The third-order valence-electron chi connectivity index (χ3n) is 5.31. The largest absolute Gasteiger partial charge is 0.508 e. The first kappa shape index (κ1) is 27.5. The lowest BCUT2D eigenvalue weighted by atomic mass is 9.99. The Kier molecular flexibility index (Phi) is 9.85. The van der Waals surface area contributed by atoms with Crippen LogP contribution in [0.5, 0.6) is 11.5 Å². The van der Waals surface area contributed by atoms with Crippen molar-refractivity contribution in [3.8, 4) is 11.5 Å². The van der Waals surface area contributed by atoms with Gasteiger partial charge in [0, 0.05) is 27.4 Å². The Morgan fingerprint density at radius 3 is 2.38 bits per heavy atom. The molecule has 37 heavy (non-hydrogen) atoms. The minimum absolute atomic E-state index is 0.0998. The number of carbonyl (C=O) groups excluding carboxylic acids is 2. The zero-order valence-corrected chi connectivity index (χ0v) is 21.6. The van der Waals surface area contributed by atoms with E-state index in [-0.39, 0.29) is 18.0 Å². The molecule has 1 amide bonds. The van der Waals surface area contributed by atoms with Gasteiger partial charge in [0.1, 0.15) is 17.6 Å². The summed E-state index contributed by atoms with van der Waals surface area (Å²) >= 11 is 3.39. The predicted molar refractivity (Wildman–Crippen MR) is 142 cm³/mol. The van der Waals surface area contributed by atoms with Crippen molar-refractivity contribution in [3.05, 3.63) is 101 Å². The number of phenols is 1. The number of carboxylic acids is 1. The number of hydrogen-bond acceptors (Lipinski definition) is 6. The first-order valence-corrected chi connectivity index (χ1v) is 12.2. The first-order chi connectivity index (χ1) is 17.7. The summed E-state index contributed by atoms with van der Waals surface area (Å²) in [6.45, 7) is 1.45. The van der Waals surface area contributed by atoms with Crippen LogP contribution in [0.15, 0.2) is 89.4 Å². The molecule has 0 aromatic heterocycles. The number of aromatic hydroxyl groups is 1. The lowest BCUT2D eigenvalue weighted by Crippen LogP contribution is -2.31. The van der Waals surface area contributed by atoms with E-state index in [1.165, 1.54) is 19.1 Å². The zero-order valence-electron chi connectivity index (χ0n) is 20.0. The van der Waals surface area contributed by atoms with Crippen LogP contribution in [-0.2, 0) is 9.53 Å². The molecule has 0 spiro atoms. The van der Waals surface area contributed by atoms with Gasteiger partial charge in [0.2, 0.25) is 0 Å². The Bertz CT molecular complexity index is 1260. The van der Waals surface area contributed by atoms with E-state index in [4.69, 9.17) is 14.6 Å². The number of amides is 1. The van der Waals surface area contributed by atoms with Crippen molar-refractivity contribution in [2.45, 2.75) is 32.0 Å². The number of ketones is 1. The second-order valence-electron chi connectivity index (χ2n) is 8.07. The van der Waals surface area contributed by atoms with Gasteiger partial charge in [-0.15, -0.1) is 0 Å². The predicted octanol–water partition coefficient (Wildman–Crippen LogP) is 6.52. The summed E-state index contributed by atoms with van der Waals surface area (Å²) in [4.78, 5) is 35.4. The van der Waals surface area contributed by atoms with E-state index in [1.807, 2.05) is 6.07 Å². The van der Waals surface area contributed by atoms with Crippen LogP contribution in [0.25, 0.3) is 0 Å². The molecule has 0 aliphatic heterocycles. The normalized spacial score (nSPS) is 12.5. The molecule has 0 heterocycles. The number of rotatable bonds is 11. The minimum Gasteiger partial charge on any atom is -0.508 e. The van der Waals surface area contributed by atoms with Gasteiger partial charge in [0.25, 0.3) is 0 Å². The van der Waals surface area contributed by atoms with Crippen LogP contribution in [0.3, 0.4) is 0 Å². The lowest BCUT2D eigenvalue weighted by molar-refractivity contribution is -0.131. The van der Waals surface area contributed by atoms with E-state index in [2.05, 4.69) is 21.2 Å². The van der Waals surface area contributed by atoms with Gasteiger partial charge in [-0.05, 0) is 74.4 Å². The molecule has 0 aliphatic rings. The highest BCUT2D eigenvalue weighted by molar-refractivity contribution is 9.10. The molecule has 3 rings (SSSR count). The smallest absolute Gasteiger partial charge is 0.412 e. The van der Waals surface area contributed by atoms with Gasteiger partial charge < -0.3 is 19.7 Å². The SMILES string of the molecule is CC(=O)c1ccc(NC(=O)O[C@@H](c2cc(Br)ccc2O)[C@H](CC/C=C/C(=O)O)Oc2ccccc2)cc1. The number of hydrogen-bond donors (Lipinski definition) is 3. The molecule has 3 aromatic rings. The second-order valence-corrected chi connectivity index (χ2v) is 8.99. The average Bonchev–Trinajstić information content (AvgIpc) is 2.87. The second kappa shape index (κ2) is 13.3. The Morgan fingerprint density at radius 2 is 1.73 bits per heavy atom. The molecule has 0 radical (unpaired) electrons. The fraction of sp³-hybridized carbons (Fsp3) is 0.179. The Balaban J connectivity index is 1.91. The van der Waals surface area contributed by atoms with Crippen LogP contribution < -0.4 is 10.1 Å². The van der Waals surface area contributed by atoms with Crippen molar-refractivity contribution in [3.63, 3.8) is 0 Å². The van der Waals surface area contributed by atoms with Gasteiger partial charge in [-0.2, -0.15) is 0 Å². The van der Waals surface area contributed by atoms with Crippen LogP contribution >= 0.6 is 15.9 Å². The molecule has 192 valence electrons. The van der Waals surface area contributed by atoms with E-state index < -0.39 is 24.3 Å². The van der Waals surface area contributed by atoms with Gasteiger partial charge in [0.15, 0.2) is 11.9 Å². The Labute approximate surface area is 222 Å². The van der Waals surface area contributed by atoms with E-state index in [0.717, 1.165) is 6.08 Å². The Morgan fingerprint density at radius 1 is 1.03 bits per heavy atom. The van der Waals surface area contributed by atoms with Gasteiger partial charge >= 0.3 is 12.1 Å². The molecular formula is C28H26BrNO7. The number of nitrogens with one attached hydrogen (secondary N) is 1. The van der Waals surface area contributed by atoms with Crippen LogP contribution in [0.2, 0.25) is 0 Å². The monoisotopic (exact) mass is 567 g/mol. The molecule has 0 saturated heterocycles. The van der Waals surface area contributed by atoms with Gasteiger partial charge in [-0.3, -0.25) is 10.1 Å². The van der Waals surface area contributed by atoms with Crippen LogP contribution in [0, 0.1) is 0 Å². The molecular weight excluding hydrogens is 542 g/mol. The number of phenolic OH excluding ortho intramolecular Hbond substituents is 1. The summed E-state index contributed by atoms with van der Waals surface area (Å²) < 4.78 is 12.6. The van der Waals surface area contributed by atoms with E-state index in [1.54, 1.807) is 60.7 Å². The maximum Gasteiger partial charge on any atom is 0.412 e. The van der Waals surface area contributed by atoms with E-state index >= 15 is 0 Å². The van der Waals surface area contributed by atoms with Crippen molar-refractivity contribution < 1.29 is 34.1 Å². The van der Waals surface area contributed by atoms with Crippen molar-refractivity contribution in [1.82, 2.24) is 0 Å². The average molecular weight is 568 g/mol. The number of benzene rings is 3. The molecule has 0 saturated carbocycles.